The second-order valence-electron chi connectivity index (χ2n) is 8.94. The molecule has 2 aliphatic rings. The van der Waals surface area contributed by atoms with Crippen molar-refractivity contribution in [2.24, 2.45) is 0 Å². The lowest BCUT2D eigenvalue weighted by molar-refractivity contribution is -0.121. The second-order valence-corrected chi connectivity index (χ2v) is 10.2. The fraction of sp³-hybridized carbons (Fsp3) is 0.423. The first-order chi connectivity index (χ1) is 15.6. The molecule has 0 bridgehead atoms. The van der Waals surface area contributed by atoms with E-state index in [-0.39, 0.29) is 28.8 Å². The zero-order chi connectivity index (χ0) is 22.1. The molecule has 6 heteroatoms. The molecule has 1 N–H and O–H groups in total. The normalized spacial score (nSPS) is 19.6. The summed E-state index contributed by atoms with van der Waals surface area (Å²) >= 11 is 1.40. The lowest BCUT2D eigenvalue weighted by atomic mass is 9.88. The number of nitrogens with zero attached hydrogens (tertiary/aromatic N) is 2. The van der Waals surface area contributed by atoms with E-state index in [4.69, 9.17) is 4.98 Å². The SMILES string of the molecule is C[C@@H](Sc1nc2ccccc2c(=O)n1C1CCCC1)C(=O)N[C@H]1CCCc2ccccc21. The standard InChI is InChI=1S/C26H29N3O2S/c1-17(24(30)27-22-16-8-10-18-9-2-5-13-20(18)22)32-26-28-23-15-7-6-14-21(23)25(31)29(26)19-11-3-4-12-19/h2,5-7,9,13-15,17,19,22H,3-4,8,10-12,16H2,1H3,(H,27,30)/t17-,22+/m1/s1. The number of aromatic nitrogens is 2. The van der Waals surface area contributed by atoms with E-state index >= 15 is 0 Å². The minimum absolute atomic E-state index is 0.00270. The Morgan fingerprint density at radius 2 is 1.81 bits per heavy atom. The molecule has 0 spiro atoms. The zero-order valence-electron chi connectivity index (χ0n) is 18.4. The maximum absolute atomic E-state index is 13.4. The van der Waals surface area contributed by atoms with Crippen molar-refractivity contribution in [1.82, 2.24) is 14.9 Å². The number of carbonyl (C=O) groups excluding carboxylic acids is 1. The highest BCUT2D eigenvalue weighted by Crippen LogP contribution is 2.34. The number of rotatable bonds is 5. The minimum atomic E-state index is -0.343. The lowest BCUT2D eigenvalue weighted by Gasteiger charge is -2.27. The Morgan fingerprint density at radius 1 is 1.06 bits per heavy atom. The van der Waals surface area contributed by atoms with Gasteiger partial charge in [-0.15, -0.1) is 0 Å². The molecule has 1 saturated carbocycles. The van der Waals surface area contributed by atoms with Gasteiger partial charge in [0.25, 0.3) is 5.56 Å². The van der Waals surface area contributed by atoms with Crippen molar-refractivity contribution in [3.63, 3.8) is 0 Å². The third kappa shape index (κ3) is 4.08. The van der Waals surface area contributed by atoms with Crippen LogP contribution in [0, 0.1) is 0 Å². The molecule has 2 atom stereocenters. The molecule has 0 saturated heterocycles. The fourth-order valence-corrected chi connectivity index (χ4v) is 6.09. The minimum Gasteiger partial charge on any atom is -0.348 e. The molecule has 5 rings (SSSR count). The van der Waals surface area contributed by atoms with Crippen molar-refractivity contribution < 1.29 is 4.79 Å². The predicted octanol–water partition coefficient (Wildman–Crippen LogP) is 5.19. The molecule has 0 radical (unpaired) electrons. The summed E-state index contributed by atoms with van der Waals surface area (Å²) in [7, 11) is 0. The smallest absolute Gasteiger partial charge is 0.262 e. The van der Waals surface area contributed by atoms with E-state index in [1.807, 2.05) is 41.8 Å². The number of fused-ring (bicyclic) bond motifs is 2. The van der Waals surface area contributed by atoms with E-state index in [2.05, 4.69) is 23.5 Å². The van der Waals surface area contributed by atoms with E-state index in [1.54, 1.807) is 0 Å². The van der Waals surface area contributed by atoms with Gasteiger partial charge in [0.15, 0.2) is 5.16 Å². The van der Waals surface area contributed by atoms with Gasteiger partial charge in [-0.3, -0.25) is 14.2 Å². The quantitative estimate of drug-likeness (QED) is 0.432. The summed E-state index contributed by atoms with van der Waals surface area (Å²) in [5.41, 5.74) is 3.27. The highest BCUT2D eigenvalue weighted by Gasteiger charge is 2.27. The van der Waals surface area contributed by atoms with E-state index in [0.29, 0.717) is 16.1 Å². The number of amides is 1. The Morgan fingerprint density at radius 3 is 2.66 bits per heavy atom. The van der Waals surface area contributed by atoms with Gasteiger partial charge in [0.05, 0.1) is 22.2 Å². The second kappa shape index (κ2) is 9.10. The van der Waals surface area contributed by atoms with Crippen molar-refractivity contribution in [3.8, 4) is 0 Å². The topological polar surface area (TPSA) is 64.0 Å². The molecule has 1 amide bonds. The van der Waals surface area contributed by atoms with Gasteiger partial charge in [-0.25, -0.2) is 4.98 Å². The molecule has 1 aromatic heterocycles. The van der Waals surface area contributed by atoms with Gasteiger partial charge >= 0.3 is 0 Å². The largest absolute Gasteiger partial charge is 0.348 e. The van der Waals surface area contributed by atoms with Crippen molar-refractivity contribution in [2.45, 2.75) is 74.4 Å². The van der Waals surface area contributed by atoms with Gasteiger partial charge in [0.2, 0.25) is 5.91 Å². The maximum atomic E-state index is 13.4. The van der Waals surface area contributed by atoms with Crippen LogP contribution in [0.15, 0.2) is 58.5 Å². The summed E-state index contributed by atoms with van der Waals surface area (Å²) in [4.78, 5) is 31.3. The number of benzene rings is 2. The fourth-order valence-electron chi connectivity index (χ4n) is 5.10. The summed E-state index contributed by atoms with van der Waals surface area (Å²) in [6.07, 6.45) is 7.36. The third-order valence-corrected chi connectivity index (χ3v) is 7.87. The molecule has 166 valence electrons. The van der Waals surface area contributed by atoms with Crippen LogP contribution >= 0.6 is 11.8 Å². The van der Waals surface area contributed by atoms with Crippen molar-refractivity contribution in [1.29, 1.82) is 0 Å². The molecule has 3 aromatic rings. The summed E-state index contributed by atoms with van der Waals surface area (Å²) in [6.45, 7) is 1.91. The third-order valence-electron chi connectivity index (χ3n) is 6.80. The van der Waals surface area contributed by atoms with E-state index in [1.165, 1.54) is 22.9 Å². The molecule has 0 aliphatic heterocycles. The summed E-state index contributed by atoms with van der Waals surface area (Å²) in [6, 6.07) is 16.1. The van der Waals surface area contributed by atoms with Gasteiger partial charge in [-0.05, 0) is 62.3 Å². The molecule has 2 aromatic carbocycles. The number of nitrogens with one attached hydrogen (secondary N) is 1. The Bertz CT molecular complexity index is 1200. The maximum Gasteiger partial charge on any atom is 0.262 e. The van der Waals surface area contributed by atoms with Crippen molar-refractivity contribution in [3.05, 3.63) is 70.0 Å². The average molecular weight is 448 g/mol. The number of hydrogen-bond acceptors (Lipinski definition) is 4. The molecule has 2 aliphatic carbocycles. The predicted molar refractivity (Wildman–Crippen MR) is 129 cm³/mol. The zero-order valence-corrected chi connectivity index (χ0v) is 19.2. The van der Waals surface area contributed by atoms with Crippen molar-refractivity contribution in [2.75, 3.05) is 0 Å². The van der Waals surface area contributed by atoms with Gasteiger partial charge in [-0.1, -0.05) is 61.0 Å². The molecule has 0 unspecified atom stereocenters. The van der Waals surface area contributed by atoms with Crippen LogP contribution < -0.4 is 10.9 Å². The summed E-state index contributed by atoms with van der Waals surface area (Å²) < 4.78 is 1.86. The summed E-state index contributed by atoms with van der Waals surface area (Å²) in [5, 5.41) is 4.23. The first-order valence-electron chi connectivity index (χ1n) is 11.7. The van der Waals surface area contributed by atoms with Crippen LogP contribution in [-0.4, -0.2) is 20.7 Å². The molecule has 5 nitrogen and oxygen atoms in total. The van der Waals surface area contributed by atoms with Crippen LogP contribution in [0.2, 0.25) is 0 Å². The monoisotopic (exact) mass is 447 g/mol. The van der Waals surface area contributed by atoms with E-state index in [9.17, 15) is 9.59 Å². The Kier molecular flexibility index (Phi) is 6.05. The lowest BCUT2D eigenvalue weighted by Crippen LogP contribution is -2.36. The van der Waals surface area contributed by atoms with E-state index < -0.39 is 0 Å². The van der Waals surface area contributed by atoms with Gasteiger partial charge in [0.1, 0.15) is 0 Å². The van der Waals surface area contributed by atoms with Gasteiger partial charge in [0, 0.05) is 6.04 Å². The van der Waals surface area contributed by atoms with Crippen LogP contribution in [0.1, 0.15) is 68.7 Å². The molecule has 1 fully saturated rings. The number of aryl methyl sites for hydroxylation is 1. The molecular weight excluding hydrogens is 418 g/mol. The van der Waals surface area contributed by atoms with Crippen LogP contribution in [0.4, 0.5) is 0 Å². The Hall–Kier alpha value is -2.60. The van der Waals surface area contributed by atoms with Crippen molar-refractivity contribution >= 4 is 28.6 Å². The molecule has 1 heterocycles. The van der Waals surface area contributed by atoms with Crippen LogP contribution in [0.3, 0.4) is 0 Å². The Balaban J connectivity index is 1.41. The highest BCUT2D eigenvalue weighted by molar-refractivity contribution is 8.00. The number of carbonyl (C=O) groups is 1. The van der Waals surface area contributed by atoms with Crippen LogP contribution in [0.25, 0.3) is 10.9 Å². The number of hydrogen-bond donors (Lipinski definition) is 1. The van der Waals surface area contributed by atoms with Gasteiger partial charge < -0.3 is 5.32 Å². The first-order valence-corrected chi connectivity index (χ1v) is 12.6. The van der Waals surface area contributed by atoms with Gasteiger partial charge in [-0.2, -0.15) is 0 Å². The molecular formula is C26H29N3O2S. The Labute approximate surface area is 192 Å². The number of thioether (sulfide) groups is 1. The van der Waals surface area contributed by atoms with Crippen LogP contribution in [-0.2, 0) is 11.2 Å². The highest BCUT2D eigenvalue weighted by atomic mass is 32.2. The average Bonchev–Trinajstić information content (AvgIpc) is 3.34. The molecule has 32 heavy (non-hydrogen) atoms. The number of para-hydroxylation sites is 1. The first kappa shape index (κ1) is 21.3. The van der Waals surface area contributed by atoms with Crippen LogP contribution in [0.5, 0.6) is 0 Å². The van der Waals surface area contributed by atoms with E-state index in [0.717, 1.165) is 44.9 Å². The summed E-state index contributed by atoms with van der Waals surface area (Å²) in [5.74, 6) is -0.00270.